The first kappa shape index (κ1) is 16.4. The first-order valence-electron chi connectivity index (χ1n) is 7.95. The van der Waals surface area contributed by atoms with Gasteiger partial charge in [-0.3, -0.25) is 4.79 Å². The molecule has 1 amide bonds. The molecule has 1 fully saturated rings. The van der Waals surface area contributed by atoms with Crippen molar-refractivity contribution in [3.05, 3.63) is 60.2 Å². The minimum absolute atomic E-state index is 0.0983. The van der Waals surface area contributed by atoms with Crippen LogP contribution in [0, 0.1) is 0 Å². The maximum atomic E-state index is 12.4. The molecule has 3 rings (SSSR count). The highest BCUT2D eigenvalue weighted by Gasteiger charge is 2.37. The molecule has 0 saturated carbocycles. The molecule has 2 aromatic rings. The number of benzene rings is 1. The number of aliphatic hydroxyl groups is 1. The number of aliphatic hydroxyl groups excluding tert-OH is 1. The van der Waals surface area contributed by atoms with Crippen molar-refractivity contribution in [3.8, 4) is 0 Å². The van der Waals surface area contributed by atoms with Crippen molar-refractivity contribution >= 4 is 12.0 Å². The van der Waals surface area contributed by atoms with E-state index in [1.165, 1.54) is 6.08 Å². The molecule has 0 bridgehead atoms. The Morgan fingerprint density at radius 2 is 2.25 bits per heavy atom. The summed E-state index contributed by atoms with van der Waals surface area (Å²) in [6, 6.07) is 9.87. The van der Waals surface area contributed by atoms with Crippen molar-refractivity contribution in [2.45, 2.75) is 12.0 Å². The van der Waals surface area contributed by atoms with Crippen LogP contribution in [0.15, 0.2) is 48.9 Å². The maximum Gasteiger partial charge on any atom is 0.246 e. The van der Waals surface area contributed by atoms with Gasteiger partial charge in [0.05, 0.1) is 38.0 Å². The summed E-state index contributed by atoms with van der Waals surface area (Å²) in [6.07, 6.45) is 7.00. The molecule has 0 aliphatic carbocycles. The van der Waals surface area contributed by atoms with E-state index in [0.29, 0.717) is 26.1 Å². The standard InChI is InChI=1S/C18H21N3O3/c22-13-18(10-15-4-2-1-3-5-15)12-21(8-9-24-18)17(23)7-6-16-11-19-14-20-16/h1-7,11,14,22H,8-10,12-13H2,(H,19,20)/b7-6+/t18-/m0/s1. The first-order chi connectivity index (χ1) is 11.7. The van der Waals surface area contributed by atoms with Crippen LogP contribution in [-0.2, 0) is 16.0 Å². The molecular formula is C18H21N3O3. The Hall–Kier alpha value is -2.44. The molecule has 2 heterocycles. The van der Waals surface area contributed by atoms with Crippen molar-refractivity contribution < 1.29 is 14.6 Å². The van der Waals surface area contributed by atoms with Gasteiger partial charge in [-0.25, -0.2) is 4.98 Å². The van der Waals surface area contributed by atoms with Crippen LogP contribution in [0.2, 0.25) is 0 Å². The fourth-order valence-electron chi connectivity index (χ4n) is 2.88. The van der Waals surface area contributed by atoms with Gasteiger partial charge in [0.1, 0.15) is 5.60 Å². The van der Waals surface area contributed by atoms with Gasteiger partial charge in [-0.15, -0.1) is 0 Å². The lowest BCUT2D eigenvalue weighted by Crippen LogP contribution is -2.56. The number of rotatable bonds is 5. The number of imidazole rings is 1. The largest absolute Gasteiger partial charge is 0.393 e. The third-order valence-electron chi connectivity index (χ3n) is 4.14. The monoisotopic (exact) mass is 327 g/mol. The molecule has 1 atom stereocenters. The van der Waals surface area contributed by atoms with Crippen LogP contribution in [0.3, 0.4) is 0 Å². The number of morpholine rings is 1. The van der Waals surface area contributed by atoms with E-state index in [0.717, 1.165) is 11.3 Å². The molecule has 0 spiro atoms. The van der Waals surface area contributed by atoms with E-state index in [-0.39, 0.29) is 12.5 Å². The Bertz CT molecular complexity index is 685. The molecule has 1 aromatic carbocycles. The number of hydrogen-bond donors (Lipinski definition) is 2. The zero-order valence-electron chi connectivity index (χ0n) is 13.4. The highest BCUT2D eigenvalue weighted by atomic mass is 16.5. The van der Waals surface area contributed by atoms with Gasteiger partial charge in [0, 0.05) is 19.0 Å². The highest BCUT2D eigenvalue weighted by molar-refractivity contribution is 5.91. The van der Waals surface area contributed by atoms with E-state index in [2.05, 4.69) is 9.97 Å². The van der Waals surface area contributed by atoms with Gasteiger partial charge in [-0.05, 0) is 11.6 Å². The third kappa shape index (κ3) is 3.90. The van der Waals surface area contributed by atoms with E-state index in [4.69, 9.17) is 4.74 Å². The van der Waals surface area contributed by atoms with Crippen LogP contribution in [0.25, 0.3) is 6.08 Å². The molecule has 6 heteroatoms. The second-order valence-corrected chi connectivity index (χ2v) is 5.95. The predicted molar refractivity (Wildman–Crippen MR) is 90.1 cm³/mol. The summed E-state index contributed by atoms with van der Waals surface area (Å²) >= 11 is 0. The lowest BCUT2D eigenvalue weighted by Gasteiger charge is -2.41. The number of amides is 1. The minimum atomic E-state index is -0.753. The van der Waals surface area contributed by atoms with Crippen molar-refractivity contribution in [1.29, 1.82) is 0 Å². The lowest BCUT2D eigenvalue weighted by atomic mass is 9.93. The van der Waals surface area contributed by atoms with Crippen molar-refractivity contribution in [2.24, 2.45) is 0 Å². The van der Waals surface area contributed by atoms with Gasteiger partial charge in [-0.2, -0.15) is 0 Å². The topological polar surface area (TPSA) is 78.5 Å². The van der Waals surface area contributed by atoms with Crippen LogP contribution >= 0.6 is 0 Å². The van der Waals surface area contributed by atoms with Crippen LogP contribution in [0.5, 0.6) is 0 Å². The van der Waals surface area contributed by atoms with E-state index in [1.54, 1.807) is 23.5 Å². The molecule has 6 nitrogen and oxygen atoms in total. The summed E-state index contributed by atoms with van der Waals surface area (Å²) in [5.74, 6) is -0.0983. The zero-order valence-corrected chi connectivity index (χ0v) is 13.4. The molecule has 1 aliphatic heterocycles. The summed E-state index contributed by atoms with van der Waals surface area (Å²) in [6.45, 7) is 1.17. The van der Waals surface area contributed by atoms with Crippen LogP contribution in [0.4, 0.5) is 0 Å². The normalized spacial score (nSPS) is 21.3. The third-order valence-corrected chi connectivity index (χ3v) is 4.14. The van der Waals surface area contributed by atoms with E-state index < -0.39 is 5.60 Å². The smallest absolute Gasteiger partial charge is 0.246 e. The molecule has 126 valence electrons. The molecule has 1 aliphatic rings. The van der Waals surface area contributed by atoms with Gasteiger partial charge in [0.15, 0.2) is 0 Å². The fourth-order valence-corrected chi connectivity index (χ4v) is 2.88. The van der Waals surface area contributed by atoms with Crippen LogP contribution in [0.1, 0.15) is 11.3 Å². The summed E-state index contributed by atoms with van der Waals surface area (Å²) in [5.41, 5.74) is 1.10. The second kappa shape index (κ2) is 7.42. The van der Waals surface area contributed by atoms with Crippen LogP contribution < -0.4 is 0 Å². The Labute approximate surface area is 140 Å². The molecule has 0 unspecified atom stereocenters. The SMILES string of the molecule is O=C(/C=C/c1cnc[nH]1)N1CCO[C@@](CO)(Cc2ccccc2)C1. The number of nitrogens with one attached hydrogen (secondary N) is 1. The number of nitrogens with zero attached hydrogens (tertiary/aromatic N) is 2. The average molecular weight is 327 g/mol. The van der Waals surface area contributed by atoms with Gasteiger partial charge < -0.3 is 19.7 Å². The van der Waals surface area contributed by atoms with Crippen molar-refractivity contribution in [1.82, 2.24) is 14.9 Å². The quantitative estimate of drug-likeness (QED) is 0.810. The Kier molecular flexibility index (Phi) is 5.08. The zero-order chi connectivity index (χ0) is 16.8. The predicted octanol–water partition coefficient (Wildman–Crippen LogP) is 1.26. The van der Waals surface area contributed by atoms with E-state index in [1.807, 2.05) is 30.3 Å². The Morgan fingerprint density at radius 1 is 1.42 bits per heavy atom. The Balaban J connectivity index is 1.68. The summed E-state index contributed by atoms with van der Waals surface area (Å²) in [5, 5.41) is 9.89. The first-order valence-corrected chi connectivity index (χ1v) is 7.95. The van der Waals surface area contributed by atoms with Gasteiger partial charge >= 0.3 is 0 Å². The minimum Gasteiger partial charge on any atom is -0.393 e. The molecule has 1 saturated heterocycles. The average Bonchev–Trinajstić information content (AvgIpc) is 3.14. The highest BCUT2D eigenvalue weighted by Crippen LogP contribution is 2.23. The fraction of sp³-hybridized carbons (Fsp3) is 0.333. The van der Waals surface area contributed by atoms with Gasteiger partial charge in [0.25, 0.3) is 0 Å². The van der Waals surface area contributed by atoms with Crippen LogP contribution in [-0.4, -0.2) is 57.8 Å². The molecule has 24 heavy (non-hydrogen) atoms. The van der Waals surface area contributed by atoms with Gasteiger partial charge in [0.2, 0.25) is 5.91 Å². The number of carbonyl (C=O) groups excluding carboxylic acids is 1. The summed E-state index contributed by atoms with van der Waals surface area (Å²) in [4.78, 5) is 21.0. The lowest BCUT2D eigenvalue weighted by molar-refractivity contribution is -0.153. The number of ether oxygens (including phenoxy) is 1. The second-order valence-electron chi connectivity index (χ2n) is 5.95. The number of H-pyrrole nitrogens is 1. The Morgan fingerprint density at radius 3 is 2.96 bits per heavy atom. The molecule has 0 radical (unpaired) electrons. The summed E-state index contributed by atoms with van der Waals surface area (Å²) in [7, 11) is 0. The number of carbonyl (C=O) groups is 1. The number of aromatic nitrogens is 2. The van der Waals surface area contributed by atoms with Crippen molar-refractivity contribution in [2.75, 3.05) is 26.3 Å². The molecular weight excluding hydrogens is 306 g/mol. The van der Waals surface area contributed by atoms with Gasteiger partial charge in [-0.1, -0.05) is 30.3 Å². The molecule has 1 aromatic heterocycles. The van der Waals surface area contributed by atoms with E-state index in [9.17, 15) is 9.90 Å². The summed E-state index contributed by atoms with van der Waals surface area (Å²) < 4.78 is 5.87. The van der Waals surface area contributed by atoms with Crippen molar-refractivity contribution in [3.63, 3.8) is 0 Å². The maximum absolute atomic E-state index is 12.4. The van der Waals surface area contributed by atoms with E-state index >= 15 is 0 Å². The number of aromatic amines is 1. The number of hydrogen-bond acceptors (Lipinski definition) is 4. The molecule has 2 N–H and O–H groups in total.